The highest BCUT2D eigenvalue weighted by atomic mass is 15.1. The number of hydrogen-bond acceptors (Lipinski definition) is 3. The molecule has 1 saturated heterocycles. The SMILES string of the molecule is CN(CC#N)CC1CCCCN1. The van der Waals surface area contributed by atoms with E-state index in [0.717, 1.165) is 13.1 Å². The van der Waals surface area contributed by atoms with Gasteiger partial charge in [0.1, 0.15) is 0 Å². The van der Waals surface area contributed by atoms with Crippen molar-refractivity contribution in [1.82, 2.24) is 10.2 Å². The summed E-state index contributed by atoms with van der Waals surface area (Å²) >= 11 is 0. The molecule has 0 bridgehead atoms. The maximum absolute atomic E-state index is 8.45. The molecular formula is C9H17N3. The van der Waals surface area contributed by atoms with Crippen LogP contribution in [0.2, 0.25) is 0 Å². The molecule has 1 fully saturated rings. The van der Waals surface area contributed by atoms with Crippen LogP contribution >= 0.6 is 0 Å². The van der Waals surface area contributed by atoms with Crippen LogP contribution in [0, 0.1) is 11.3 Å². The lowest BCUT2D eigenvalue weighted by atomic mass is 10.0. The summed E-state index contributed by atoms with van der Waals surface area (Å²) in [4.78, 5) is 2.07. The van der Waals surface area contributed by atoms with Gasteiger partial charge in [-0.15, -0.1) is 0 Å². The van der Waals surface area contributed by atoms with E-state index in [-0.39, 0.29) is 0 Å². The summed E-state index contributed by atoms with van der Waals surface area (Å²) in [6.07, 6.45) is 3.90. The van der Waals surface area contributed by atoms with E-state index in [4.69, 9.17) is 5.26 Å². The lowest BCUT2D eigenvalue weighted by Gasteiger charge is -2.26. The molecule has 0 radical (unpaired) electrons. The van der Waals surface area contributed by atoms with Gasteiger partial charge in [-0.25, -0.2) is 0 Å². The molecule has 0 aliphatic carbocycles. The van der Waals surface area contributed by atoms with Gasteiger partial charge in [0.25, 0.3) is 0 Å². The molecule has 1 aliphatic rings. The lowest BCUT2D eigenvalue weighted by molar-refractivity contribution is 0.282. The molecule has 0 saturated carbocycles. The molecule has 68 valence electrons. The van der Waals surface area contributed by atoms with Gasteiger partial charge in [0.2, 0.25) is 0 Å². The van der Waals surface area contributed by atoms with E-state index in [0.29, 0.717) is 12.6 Å². The van der Waals surface area contributed by atoms with Crippen molar-refractivity contribution >= 4 is 0 Å². The zero-order valence-electron chi connectivity index (χ0n) is 7.71. The largest absolute Gasteiger partial charge is 0.313 e. The minimum atomic E-state index is 0.540. The van der Waals surface area contributed by atoms with Gasteiger partial charge in [-0.05, 0) is 26.4 Å². The summed E-state index contributed by atoms with van der Waals surface area (Å²) < 4.78 is 0. The molecule has 0 aromatic rings. The molecule has 0 spiro atoms. The Morgan fingerprint density at radius 1 is 1.58 bits per heavy atom. The molecule has 0 aromatic heterocycles. The van der Waals surface area contributed by atoms with Crippen molar-refractivity contribution in [1.29, 1.82) is 5.26 Å². The van der Waals surface area contributed by atoms with Crippen LogP contribution in [0.15, 0.2) is 0 Å². The molecule has 1 heterocycles. The van der Waals surface area contributed by atoms with Crippen LogP contribution in [0.1, 0.15) is 19.3 Å². The van der Waals surface area contributed by atoms with Crippen LogP contribution < -0.4 is 5.32 Å². The number of likely N-dealkylation sites (N-methyl/N-ethyl adjacent to an activating group) is 1. The number of rotatable bonds is 3. The van der Waals surface area contributed by atoms with E-state index >= 15 is 0 Å². The molecule has 3 nitrogen and oxygen atoms in total. The quantitative estimate of drug-likeness (QED) is 0.625. The highest BCUT2D eigenvalue weighted by molar-refractivity contribution is 4.80. The second-order valence-electron chi connectivity index (χ2n) is 3.50. The van der Waals surface area contributed by atoms with Crippen molar-refractivity contribution in [2.75, 3.05) is 26.7 Å². The monoisotopic (exact) mass is 167 g/mol. The first-order chi connectivity index (χ1) is 5.83. The second kappa shape index (κ2) is 5.13. The summed E-state index contributed by atoms with van der Waals surface area (Å²) in [5, 5.41) is 11.9. The fourth-order valence-electron chi connectivity index (χ4n) is 1.64. The summed E-state index contributed by atoms with van der Waals surface area (Å²) in [7, 11) is 2.00. The number of nitrogens with zero attached hydrogens (tertiary/aromatic N) is 2. The summed E-state index contributed by atoms with van der Waals surface area (Å²) in [6, 6.07) is 2.76. The topological polar surface area (TPSA) is 39.1 Å². The maximum atomic E-state index is 8.45. The summed E-state index contributed by atoms with van der Waals surface area (Å²) in [5.74, 6) is 0. The molecule has 1 N–H and O–H groups in total. The predicted molar refractivity (Wildman–Crippen MR) is 48.8 cm³/mol. The Bertz CT molecular complexity index is 156. The van der Waals surface area contributed by atoms with Gasteiger partial charge in [-0.3, -0.25) is 4.90 Å². The first kappa shape index (κ1) is 9.50. The van der Waals surface area contributed by atoms with Crippen molar-refractivity contribution in [2.24, 2.45) is 0 Å². The van der Waals surface area contributed by atoms with E-state index in [2.05, 4.69) is 16.3 Å². The van der Waals surface area contributed by atoms with Gasteiger partial charge in [0.05, 0.1) is 12.6 Å². The number of piperidine rings is 1. The Balaban J connectivity index is 2.16. The van der Waals surface area contributed by atoms with Crippen LogP contribution in [-0.4, -0.2) is 37.6 Å². The molecule has 1 rings (SSSR count). The highest BCUT2D eigenvalue weighted by Gasteiger charge is 2.13. The van der Waals surface area contributed by atoms with E-state index in [9.17, 15) is 0 Å². The van der Waals surface area contributed by atoms with E-state index < -0.39 is 0 Å². The standard InChI is InChI=1S/C9H17N3/c1-12(7-5-10)8-9-4-2-3-6-11-9/h9,11H,2-4,6-8H2,1H3. The Hall–Kier alpha value is -0.590. The van der Waals surface area contributed by atoms with Gasteiger partial charge < -0.3 is 5.32 Å². The van der Waals surface area contributed by atoms with Crippen LogP contribution in [0.3, 0.4) is 0 Å². The fourth-order valence-corrected chi connectivity index (χ4v) is 1.64. The van der Waals surface area contributed by atoms with Crippen molar-refractivity contribution in [3.8, 4) is 6.07 Å². The van der Waals surface area contributed by atoms with Crippen LogP contribution in [0.4, 0.5) is 0 Å². The van der Waals surface area contributed by atoms with E-state index in [1.54, 1.807) is 0 Å². The molecule has 0 aromatic carbocycles. The Morgan fingerprint density at radius 3 is 3.00 bits per heavy atom. The van der Waals surface area contributed by atoms with Gasteiger partial charge in [0.15, 0.2) is 0 Å². The van der Waals surface area contributed by atoms with Gasteiger partial charge in [-0.1, -0.05) is 6.42 Å². The maximum Gasteiger partial charge on any atom is 0.0864 e. The molecule has 12 heavy (non-hydrogen) atoms. The molecular weight excluding hydrogens is 150 g/mol. The fraction of sp³-hybridized carbons (Fsp3) is 0.889. The molecule has 0 amide bonds. The van der Waals surface area contributed by atoms with Crippen molar-refractivity contribution in [3.05, 3.63) is 0 Å². The molecule has 3 heteroatoms. The second-order valence-corrected chi connectivity index (χ2v) is 3.50. The van der Waals surface area contributed by atoms with Gasteiger partial charge in [0, 0.05) is 12.6 Å². The third-order valence-corrected chi connectivity index (χ3v) is 2.29. The Labute approximate surface area is 74.4 Å². The van der Waals surface area contributed by atoms with Crippen LogP contribution in [-0.2, 0) is 0 Å². The van der Waals surface area contributed by atoms with Crippen molar-refractivity contribution in [2.45, 2.75) is 25.3 Å². The lowest BCUT2D eigenvalue weighted by Crippen LogP contribution is -2.42. The van der Waals surface area contributed by atoms with E-state index in [1.807, 2.05) is 7.05 Å². The van der Waals surface area contributed by atoms with Crippen molar-refractivity contribution in [3.63, 3.8) is 0 Å². The Morgan fingerprint density at radius 2 is 2.42 bits per heavy atom. The Kier molecular flexibility index (Phi) is 4.06. The normalized spacial score (nSPS) is 23.9. The van der Waals surface area contributed by atoms with Crippen LogP contribution in [0.5, 0.6) is 0 Å². The zero-order valence-corrected chi connectivity index (χ0v) is 7.71. The number of nitrogens with one attached hydrogen (secondary N) is 1. The van der Waals surface area contributed by atoms with E-state index in [1.165, 1.54) is 19.3 Å². The van der Waals surface area contributed by atoms with Crippen molar-refractivity contribution < 1.29 is 0 Å². The predicted octanol–water partition coefficient (Wildman–Crippen LogP) is 0.584. The third kappa shape index (κ3) is 3.21. The number of hydrogen-bond donors (Lipinski definition) is 1. The number of nitriles is 1. The molecule has 1 unspecified atom stereocenters. The third-order valence-electron chi connectivity index (χ3n) is 2.29. The van der Waals surface area contributed by atoms with Gasteiger partial charge in [-0.2, -0.15) is 5.26 Å². The van der Waals surface area contributed by atoms with Gasteiger partial charge >= 0.3 is 0 Å². The first-order valence-corrected chi connectivity index (χ1v) is 4.62. The molecule has 1 aliphatic heterocycles. The zero-order chi connectivity index (χ0) is 8.81. The summed E-state index contributed by atoms with van der Waals surface area (Å²) in [6.45, 7) is 2.69. The minimum Gasteiger partial charge on any atom is -0.313 e. The average molecular weight is 167 g/mol. The molecule has 1 atom stereocenters. The first-order valence-electron chi connectivity index (χ1n) is 4.62. The van der Waals surface area contributed by atoms with Crippen LogP contribution in [0.25, 0.3) is 0 Å². The smallest absolute Gasteiger partial charge is 0.0864 e. The summed E-state index contributed by atoms with van der Waals surface area (Å²) in [5.41, 5.74) is 0. The minimum absolute atomic E-state index is 0.540. The average Bonchev–Trinajstić information content (AvgIpc) is 2.06. The highest BCUT2D eigenvalue weighted by Crippen LogP contribution is 2.07.